The first-order valence-electron chi connectivity index (χ1n) is 2.79. The van der Waals surface area contributed by atoms with Crippen molar-refractivity contribution in [3.8, 4) is 0 Å². The van der Waals surface area contributed by atoms with E-state index < -0.39 is 0 Å². The summed E-state index contributed by atoms with van der Waals surface area (Å²) in [6.07, 6.45) is 0.0417. The molecule has 0 N–H and O–H groups in total. The minimum absolute atomic E-state index is 0.0417. The van der Waals surface area contributed by atoms with Crippen molar-refractivity contribution in [2.45, 2.75) is 20.0 Å². The third-order valence-corrected chi connectivity index (χ3v) is 1.32. The van der Waals surface area contributed by atoms with Crippen LogP contribution in [0.4, 0.5) is 0 Å². The summed E-state index contributed by atoms with van der Waals surface area (Å²) in [6.45, 7) is 11.5. The lowest BCUT2D eigenvalue weighted by molar-refractivity contribution is 0.311. The summed E-state index contributed by atoms with van der Waals surface area (Å²) in [6, 6.07) is 0. The highest BCUT2D eigenvalue weighted by Crippen LogP contribution is 1.93. The second-order valence-corrected chi connectivity index (χ2v) is 1.83. The van der Waals surface area contributed by atoms with E-state index in [4.69, 9.17) is 6.57 Å². The largest absolute Gasteiger partial charge is 0.296 e. The first-order valence-corrected chi connectivity index (χ1v) is 2.79. The van der Waals surface area contributed by atoms with Gasteiger partial charge in [-0.15, -0.1) is 0 Å². The van der Waals surface area contributed by atoms with Crippen molar-refractivity contribution in [3.05, 3.63) is 11.4 Å². The number of hydrogen-bond acceptors (Lipinski definition) is 1. The Balaban J connectivity index is 3.49. The minimum atomic E-state index is 0.0417. The Morgan fingerprint density at radius 1 is 1.75 bits per heavy atom. The third-order valence-electron chi connectivity index (χ3n) is 1.32. The molecule has 46 valence electrons. The molecule has 0 saturated carbocycles. The van der Waals surface area contributed by atoms with Gasteiger partial charge in [-0.05, 0) is 7.05 Å². The highest BCUT2D eigenvalue weighted by atomic mass is 15.2. The van der Waals surface area contributed by atoms with Crippen LogP contribution in [0.5, 0.6) is 0 Å². The average Bonchev–Trinajstić information content (AvgIpc) is 1.84. The molecule has 0 radical (unpaired) electrons. The summed E-state index contributed by atoms with van der Waals surface area (Å²) in [4.78, 5) is 5.33. The van der Waals surface area contributed by atoms with E-state index >= 15 is 0 Å². The van der Waals surface area contributed by atoms with Crippen LogP contribution in [0.1, 0.15) is 13.8 Å². The molecular formula is C6H12N2. The summed E-state index contributed by atoms with van der Waals surface area (Å²) in [5.74, 6) is 0. The lowest BCUT2D eigenvalue weighted by atomic mass is 10.5. The van der Waals surface area contributed by atoms with Crippen LogP contribution < -0.4 is 0 Å². The van der Waals surface area contributed by atoms with Gasteiger partial charge in [0.25, 0.3) is 6.17 Å². The van der Waals surface area contributed by atoms with Gasteiger partial charge in [-0.1, -0.05) is 6.92 Å². The Kier molecular flexibility index (Phi) is 3.21. The second-order valence-electron chi connectivity index (χ2n) is 1.83. The zero-order valence-electron chi connectivity index (χ0n) is 5.68. The van der Waals surface area contributed by atoms with Crippen LogP contribution in [0.25, 0.3) is 4.85 Å². The molecule has 0 rings (SSSR count). The van der Waals surface area contributed by atoms with Crippen molar-refractivity contribution < 1.29 is 0 Å². The summed E-state index contributed by atoms with van der Waals surface area (Å²) in [7, 11) is 1.95. The Hall–Kier alpha value is -0.550. The Morgan fingerprint density at radius 2 is 2.25 bits per heavy atom. The first kappa shape index (κ1) is 7.45. The summed E-state index contributed by atoms with van der Waals surface area (Å²) < 4.78 is 0. The van der Waals surface area contributed by atoms with Crippen molar-refractivity contribution in [2.24, 2.45) is 0 Å². The van der Waals surface area contributed by atoms with Gasteiger partial charge in [-0.3, -0.25) is 4.85 Å². The highest BCUT2D eigenvalue weighted by molar-refractivity contribution is 4.70. The van der Waals surface area contributed by atoms with Gasteiger partial charge in [0.1, 0.15) is 0 Å². The second kappa shape index (κ2) is 3.45. The molecule has 2 nitrogen and oxygen atoms in total. The molecule has 0 aromatic rings. The van der Waals surface area contributed by atoms with Crippen LogP contribution in [0.2, 0.25) is 0 Å². The van der Waals surface area contributed by atoms with Gasteiger partial charge < -0.3 is 0 Å². The van der Waals surface area contributed by atoms with E-state index in [1.807, 2.05) is 25.8 Å². The van der Waals surface area contributed by atoms with Gasteiger partial charge >= 0.3 is 0 Å². The fraction of sp³-hybridized carbons (Fsp3) is 0.833. The van der Waals surface area contributed by atoms with Crippen molar-refractivity contribution >= 4 is 0 Å². The van der Waals surface area contributed by atoms with E-state index in [1.165, 1.54) is 0 Å². The van der Waals surface area contributed by atoms with E-state index in [9.17, 15) is 0 Å². The molecule has 0 heterocycles. The molecule has 0 fully saturated rings. The van der Waals surface area contributed by atoms with Crippen LogP contribution in [-0.4, -0.2) is 24.7 Å². The summed E-state index contributed by atoms with van der Waals surface area (Å²) in [5.41, 5.74) is 0. The summed E-state index contributed by atoms with van der Waals surface area (Å²) in [5, 5.41) is 0. The maximum absolute atomic E-state index is 6.63. The molecule has 0 bridgehead atoms. The molecule has 0 amide bonds. The topological polar surface area (TPSA) is 7.60 Å². The molecule has 0 saturated heterocycles. The van der Waals surface area contributed by atoms with Crippen LogP contribution >= 0.6 is 0 Å². The zero-order valence-corrected chi connectivity index (χ0v) is 5.68. The molecular weight excluding hydrogens is 100 g/mol. The lowest BCUT2D eigenvalue weighted by Gasteiger charge is -2.10. The highest BCUT2D eigenvalue weighted by Gasteiger charge is 2.07. The van der Waals surface area contributed by atoms with Gasteiger partial charge in [0.15, 0.2) is 0 Å². The first-order chi connectivity index (χ1) is 3.72. The van der Waals surface area contributed by atoms with Crippen molar-refractivity contribution in [2.75, 3.05) is 13.6 Å². The van der Waals surface area contributed by atoms with Gasteiger partial charge in [0.2, 0.25) is 0 Å². The zero-order chi connectivity index (χ0) is 6.57. The fourth-order valence-corrected chi connectivity index (χ4v) is 0.363. The quantitative estimate of drug-likeness (QED) is 0.487. The molecule has 0 aromatic heterocycles. The molecule has 0 aliphatic carbocycles. The Labute approximate surface area is 50.9 Å². The van der Waals surface area contributed by atoms with E-state index in [-0.39, 0.29) is 6.17 Å². The molecule has 0 spiro atoms. The van der Waals surface area contributed by atoms with Crippen molar-refractivity contribution in [1.29, 1.82) is 0 Å². The van der Waals surface area contributed by atoms with Crippen LogP contribution in [0.3, 0.4) is 0 Å². The monoisotopic (exact) mass is 112 g/mol. The van der Waals surface area contributed by atoms with Crippen molar-refractivity contribution in [1.82, 2.24) is 4.90 Å². The predicted octanol–water partition coefficient (Wildman–Crippen LogP) is 1.20. The van der Waals surface area contributed by atoms with E-state index in [1.54, 1.807) is 0 Å². The van der Waals surface area contributed by atoms with Crippen molar-refractivity contribution in [3.63, 3.8) is 0 Å². The predicted molar refractivity (Wildman–Crippen MR) is 34.4 cm³/mol. The number of nitrogens with zero attached hydrogens (tertiary/aromatic N) is 2. The molecule has 2 heteroatoms. The molecule has 1 atom stereocenters. The Bertz CT molecular complexity index is 93.2. The van der Waals surface area contributed by atoms with Gasteiger partial charge in [-0.2, -0.15) is 0 Å². The maximum Gasteiger partial charge on any atom is 0.276 e. The number of hydrogen-bond donors (Lipinski definition) is 0. The SMILES string of the molecule is [C-]#[N+]C(C)N(C)CC. The standard InChI is InChI=1S/C6H12N2/c1-5-8(4)6(2)7-3/h6H,5H2,1-2,4H3. The normalized spacial score (nSPS) is 13.4. The molecule has 8 heavy (non-hydrogen) atoms. The molecule has 0 aliphatic rings. The van der Waals surface area contributed by atoms with Crippen LogP contribution in [0.15, 0.2) is 0 Å². The summed E-state index contributed by atoms with van der Waals surface area (Å²) >= 11 is 0. The van der Waals surface area contributed by atoms with Gasteiger partial charge in [-0.25, -0.2) is 11.5 Å². The third kappa shape index (κ3) is 1.94. The van der Waals surface area contributed by atoms with E-state index in [0.29, 0.717) is 0 Å². The van der Waals surface area contributed by atoms with E-state index in [0.717, 1.165) is 6.54 Å². The number of rotatable bonds is 2. The lowest BCUT2D eigenvalue weighted by Crippen LogP contribution is -2.25. The molecule has 0 aliphatic heterocycles. The van der Waals surface area contributed by atoms with Crippen LogP contribution in [0, 0.1) is 6.57 Å². The van der Waals surface area contributed by atoms with Gasteiger partial charge in [0.05, 0.1) is 0 Å². The van der Waals surface area contributed by atoms with Crippen LogP contribution in [-0.2, 0) is 0 Å². The smallest absolute Gasteiger partial charge is 0.276 e. The molecule has 0 aromatic carbocycles. The minimum Gasteiger partial charge on any atom is -0.296 e. The fourth-order valence-electron chi connectivity index (χ4n) is 0.363. The Morgan fingerprint density at radius 3 is 2.38 bits per heavy atom. The average molecular weight is 112 g/mol. The molecule has 1 unspecified atom stereocenters. The van der Waals surface area contributed by atoms with Gasteiger partial charge in [0, 0.05) is 13.5 Å². The maximum atomic E-state index is 6.63. The van der Waals surface area contributed by atoms with E-state index in [2.05, 4.69) is 4.85 Å².